The molecule has 4 rings (SSSR count). The molecule has 0 heterocycles. The summed E-state index contributed by atoms with van der Waals surface area (Å²) in [5.41, 5.74) is 3.31. The van der Waals surface area contributed by atoms with E-state index < -0.39 is 34.8 Å². The number of carboxylic acid groups (broad SMARTS) is 1. The Balaban J connectivity index is 1.36. The second-order valence-corrected chi connectivity index (χ2v) is 7.10. The maximum Gasteiger partial charge on any atom is 0.407 e. The van der Waals surface area contributed by atoms with Crippen molar-refractivity contribution >= 4 is 12.1 Å². The van der Waals surface area contributed by atoms with E-state index in [1.165, 1.54) is 0 Å². The molecule has 1 aliphatic carbocycles. The Labute approximate surface area is 182 Å². The van der Waals surface area contributed by atoms with E-state index >= 15 is 0 Å². The Morgan fingerprint density at radius 2 is 1.53 bits per heavy atom. The zero-order chi connectivity index (χ0) is 22.7. The number of ether oxygens (including phenoxy) is 1. The van der Waals surface area contributed by atoms with E-state index in [9.17, 15) is 18.4 Å². The Morgan fingerprint density at radius 3 is 2.09 bits per heavy atom. The molecule has 0 aromatic heterocycles. The van der Waals surface area contributed by atoms with Crippen molar-refractivity contribution < 1.29 is 28.2 Å². The lowest BCUT2D eigenvalue weighted by Crippen LogP contribution is -2.26. The average molecular weight is 433 g/mol. The lowest BCUT2D eigenvalue weighted by molar-refractivity contribution is 0.0695. The van der Waals surface area contributed by atoms with Crippen LogP contribution in [-0.4, -0.2) is 30.3 Å². The van der Waals surface area contributed by atoms with Crippen LogP contribution in [0, 0.1) is 23.5 Å². The molecule has 0 unspecified atom stereocenters. The lowest BCUT2D eigenvalue weighted by atomic mass is 9.98. The number of rotatable bonds is 4. The van der Waals surface area contributed by atoms with Gasteiger partial charge in [-0.2, -0.15) is 0 Å². The summed E-state index contributed by atoms with van der Waals surface area (Å²) in [5.74, 6) is 0.989. The number of amides is 1. The predicted molar refractivity (Wildman–Crippen MR) is 113 cm³/mol. The van der Waals surface area contributed by atoms with Crippen LogP contribution in [0.3, 0.4) is 0 Å². The van der Waals surface area contributed by atoms with E-state index in [0.717, 1.165) is 22.3 Å². The highest BCUT2D eigenvalue weighted by Gasteiger charge is 2.28. The van der Waals surface area contributed by atoms with Gasteiger partial charge in [0.05, 0.1) is 17.7 Å². The third kappa shape index (κ3) is 4.16. The van der Waals surface area contributed by atoms with E-state index in [1.54, 1.807) is 0 Å². The first-order chi connectivity index (χ1) is 15.5. The normalized spacial score (nSPS) is 11.7. The number of fused-ring (bicyclic) bond motifs is 3. The van der Waals surface area contributed by atoms with E-state index in [2.05, 4.69) is 17.2 Å². The van der Waals surface area contributed by atoms with E-state index in [4.69, 9.17) is 9.84 Å². The summed E-state index contributed by atoms with van der Waals surface area (Å²) in [6.45, 7) is -0.0660. The van der Waals surface area contributed by atoms with E-state index in [0.29, 0.717) is 12.1 Å². The van der Waals surface area contributed by atoms with Crippen molar-refractivity contribution in [3.05, 3.63) is 94.6 Å². The molecular formula is C25H17F2NO4. The zero-order valence-corrected chi connectivity index (χ0v) is 16.7. The summed E-state index contributed by atoms with van der Waals surface area (Å²) in [6.07, 6.45) is -0.705. The summed E-state index contributed by atoms with van der Waals surface area (Å²) in [6, 6.07) is 17.3. The maximum atomic E-state index is 13.9. The second kappa shape index (κ2) is 8.90. The predicted octanol–water partition coefficient (Wildman–Crippen LogP) is 4.55. The van der Waals surface area contributed by atoms with Crippen LogP contribution < -0.4 is 5.32 Å². The molecule has 1 amide bonds. The van der Waals surface area contributed by atoms with Crippen LogP contribution >= 0.6 is 0 Å². The van der Waals surface area contributed by atoms with Gasteiger partial charge in [0.1, 0.15) is 18.2 Å². The van der Waals surface area contributed by atoms with Crippen LogP contribution in [0.5, 0.6) is 0 Å². The molecule has 1 aliphatic rings. The minimum Gasteiger partial charge on any atom is -0.478 e. The number of aromatic carboxylic acids is 1. The minimum absolute atomic E-state index is 0.0878. The number of alkyl carbamates (subject to hydrolysis) is 1. The molecule has 0 radical (unpaired) electrons. The molecule has 0 spiro atoms. The number of hydrogen-bond donors (Lipinski definition) is 2. The number of carbonyl (C=O) groups excluding carboxylic acids is 1. The SMILES string of the molecule is O=C(NCC#Cc1c(F)cc(C(=O)O)cc1F)OCC1c2ccccc2-c2ccccc21. The largest absolute Gasteiger partial charge is 0.478 e. The third-order valence-electron chi connectivity index (χ3n) is 5.17. The monoisotopic (exact) mass is 433 g/mol. The molecule has 7 heteroatoms. The lowest BCUT2D eigenvalue weighted by Gasteiger charge is -2.14. The fraction of sp³-hybridized carbons (Fsp3) is 0.120. The van der Waals surface area contributed by atoms with Gasteiger partial charge in [-0.15, -0.1) is 0 Å². The molecule has 0 bridgehead atoms. The van der Waals surface area contributed by atoms with Crippen molar-refractivity contribution in [2.24, 2.45) is 0 Å². The van der Waals surface area contributed by atoms with Crippen molar-refractivity contribution in [3.8, 4) is 23.0 Å². The Kier molecular flexibility index (Phi) is 5.86. The highest BCUT2D eigenvalue weighted by atomic mass is 19.1. The van der Waals surface area contributed by atoms with E-state index in [-0.39, 0.29) is 19.1 Å². The molecule has 2 N–H and O–H groups in total. The number of carboxylic acids is 1. The quantitative estimate of drug-likeness (QED) is 0.592. The fourth-order valence-corrected chi connectivity index (χ4v) is 3.71. The van der Waals surface area contributed by atoms with Gasteiger partial charge in [0.25, 0.3) is 0 Å². The molecule has 32 heavy (non-hydrogen) atoms. The number of hydrogen-bond acceptors (Lipinski definition) is 3. The van der Waals surface area contributed by atoms with Crippen molar-refractivity contribution in [2.75, 3.05) is 13.2 Å². The average Bonchev–Trinajstić information content (AvgIpc) is 3.10. The van der Waals surface area contributed by atoms with Gasteiger partial charge in [-0.25, -0.2) is 18.4 Å². The van der Waals surface area contributed by atoms with E-state index in [1.807, 2.05) is 48.5 Å². The number of halogens is 2. The molecule has 0 saturated carbocycles. The molecule has 0 fully saturated rings. The molecule has 3 aromatic carbocycles. The van der Waals surface area contributed by atoms with Crippen molar-refractivity contribution in [3.63, 3.8) is 0 Å². The topological polar surface area (TPSA) is 75.6 Å². The summed E-state index contributed by atoms with van der Waals surface area (Å²) in [4.78, 5) is 22.9. The first-order valence-corrected chi connectivity index (χ1v) is 9.75. The zero-order valence-electron chi connectivity index (χ0n) is 16.7. The smallest absolute Gasteiger partial charge is 0.407 e. The van der Waals surface area contributed by atoms with Crippen LogP contribution in [-0.2, 0) is 4.74 Å². The second-order valence-electron chi connectivity index (χ2n) is 7.10. The molecule has 3 aromatic rings. The Morgan fingerprint density at radius 1 is 0.969 bits per heavy atom. The highest BCUT2D eigenvalue weighted by Crippen LogP contribution is 2.44. The number of benzene rings is 3. The van der Waals surface area contributed by atoms with Gasteiger partial charge in [-0.1, -0.05) is 60.4 Å². The van der Waals surface area contributed by atoms with Crippen LogP contribution in [0.1, 0.15) is 33.0 Å². The van der Waals surface area contributed by atoms with Gasteiger partial charge in [-0.3, -0.25) is 0 Å². The minimum atomic E-state index is -1.45. The van der Waals surface area contributed by atoms with Crippen molar-refractivity contribution in [2.45, 2.75) is 5.92 Å². The molecule has 160 valence electrons. The number of nitrogens with one attached hydrogen (secondary N) is 1. The summed E-state index contributed by atoms with van der Waals surface area (Å²) in [5, 5.41) is 11.2. The van der Waals surface area contributed by atoms with Crippen molar-refractivity contribution in [1.82, 2.24) is 5.32 Å². The molecule has 0 atom stereocenters. The summed E-state index contributed by atoms with van der Waals surface area (Å²) < 4.78 is 33.1. The van der Waals surface area contributed by atoms with Crippen LogP contribution in [0.15, 0.2) is 60.7 Å². The first-order valence-electron chi connectivity index (χ1n) is 9.75. The van der Waals surface area contributed by atoms with Gasteiger partial charge >= 0.3 is 12.1 Å². The highest BCUT2D eigenvalue weighted by molar-refractivity contribution is 5.87. The first kappa shape index (κ1) is 21.1. The maximum absolute atomic E-state index is 13.9. The van der Waals surface area contributed by atoms with Crippen LogP contribution in [0.25, 0.3) is 11.1 Å². The van der Waals surface area contributed by atoms with Gasteiger partial charge in [0.2, 0.25) is 0 Å². The van der Waals surface area contributed by atoms with Gasteiger partial charge in [-0.05, 0) is 34.4 Å². The standard InChI is InChI=1S/C25H17F2NO4/c26-22-12-15(24(29)30)13-23(27)20(22)10-5-11-28-25(31)32-14-21-18-8-3-1-6-16(18)17-7-2-4-9-19(17)21/h1-4,6-9,12-13,21H,11,14H2,(H,28,31)(H,29,30). The van der Waals surface area contributed by atoms with Gasteiger partial charge in [0, 0.05) is 5.92 Å². The summed E-state index contributed by atoms with van der Waals surface area (Å²) >= 11 is 0. The van der Waals surface area contributed by atoms with Gasteiger partial charge in [0.15, 0.2) is 0 Å². The Bertz CT molecular complexity index is 1210. The fourth-order valence-electron chi connectivity index (χ4n) is 3.71. The number of carbonyl (C=O) groups is 2. The molecular weight excluding hydrogens is 416 g/mol. The third-order valence-corrected chi connectivity index (χ3v) is 5.17. The summed E-state index contributed by atoms with van der Waals surface area (Å²) in [7, 11) is 0. The van der Waals surface area contributed by atoms with Crippen LogP contribution in [0.2, 0.25) is 0 Å². The molecule has 0 saturated heterocycles. The molecule has 0 aliphatic heterocycles. The van der Waals surface area contributed by atoms with Crippen LogP contribution in [0.4, 0.5) is 13.6 Å². The Hall–Kier alpha value is -4.18. The van der Waals surface area contributed by atoms with Gasteiger partial charge < -0.3 is 15.2 Å². The van der Waals surface area contributed by atoms with Crippen molar-refractivity contribution in [1.29, 1.82) is 0 Å². The molecule has 5 nitrogen and oxygen atoms in total.